The monoisotopic (exact) mass is 478 g/mol. The molecule has 0 bridgehead atoms. The van der Waals surface area contributed by atoms with Gasteiger partial charge in [0.2, 0.25) is 5.91 Å². The molecule has 2 aromatic heterocycles. The van der Waals surface area contributed by atoms with Gasteiger partial charge < -0.3 is 19.5 Å². The SMILES string of the molecule is COCC(=O)Nc1cc(C(=O)N2CCc3sccc3C2)c2c(c1)ncn2Cc1ccc(F)cc1. The lowest BCUT2D eigenvalue weighted by Crippen LogP contribution is -2.35. The molecule has 3 heterocycles. The van der Waals surface area contributed by atoms with E-state index in [0.717, 1.165) is 12.0 Å². The van der Waals surface area contributed by atoms with E-state index in [1.165, 1.54) is 29.7 Å². The van der Waals surface area contributed by atoms with Crippen LogP contribution in [-0.2, 0) is 29.0 Å². The number of halogens is 1. The first kappa shape index (κ1) is 22.2. The molecule has 0 spiro atoms. The molecule has 0 radical (unpaired) electrons. The standard InChI is InChI=1S/C25H23FN4O3S/c1-33-14-23(31)28-19-10-20(25(32)29-8-6-22-17(13-29)7-9-34-22)24-21(11-19)27-15-30(24)12-16-2-4-18(26)5-3-16/h2-5,7,9-11,15H,6,8,12-14H2,1H3,(H,28,31). The van der Waals surface area contributed by atoms with E-state index in [1.807, 2.05) is 9.47 Å². The number of benzene rings is 2. The van der Waals surface area contributed by atoms with Crippen LogP contribution in [0.4, 0.5) is 10.1 Å². The van der Waals surface area contributed by atoms with Crippen LogP contribution in [0.3, 0.4) is 0 Å². The lowest BCUT2D eigenvalue weighted by molar-refractivity contribution is -0.119. The number of anilines is 1. The van der Waals surface area contributed by atoms with Crippen molar-refractivity contribution in [2.75, 3.05) is 25.6 Å². The predicted octanol–water partition coefficient (Wildman–Crippen LogP) is 4.07. The summed E-state index contributed by atoms with van der Waals surface area (Å²) in [5.41, 5.74) is 4.27. The molecule has 0 aliphatic carbocycles. The maximum absolute atomic E-state index is 13.8. The van der Waals surface area contributed by atoms with Crippen molar-refractivity contribution in [3.8, 4) is 0 Å². The molecule has 0 atom stereocenters. The van der Waals surface area contributed by atoms with Gasteiger partial charge in [0, 0.05) is 37.3 Å². The Kier molecular flexibility index (Phi) is 6.12. The fourth-order valence-corrected chi connectivity index (χ4v) is 5.16. The molecule has 0 saturated heterocycles. The van der Waals surface area contributed by atoms with Gasteiger partial charge in [-0.25, -0.2) is 9.37 Å². The van der Waals surface area contributed by atoms with Crippen LogP contribution in [0.2, 0.25) is 0 Å². The molecule has 0 unspecified atom stereocenters. The van der Waals surface area contributed by atoms with Crippen molar-refractivity contribution in [3.63, 3.8) is 0 Å². The van der Waals surface area contributed by atoms with Crippen molar-refractivity contribution in [2.45, 2.75) is 19.5 Å². The van der Waals surface area contributed by atoms with Crippen LogP contribution in [0.25, 0.3) is 11.0 Å². The van der Waals surface area contributed by atoms with Gasteiger partial charge in [0.25, 0.3) is 5.91 Å². The zero-order valence-electron chi connectivity index (χ0n) is 18.6. The van der Waals surface area contributed by atoms with E-state index >= 15 is 0 Å². The maximum atomic E-state index is 13.8. The number of nitrogens with one attached hydrogen (secondary N) is 1. The summed E-state index contributed by atoms with van der Waals surface area (Å²) < 4.78 is 20.2. The van der Waals surface area contributed by atoms with Gasteiger partial charge in [-0.15, -0.1) is 11.3 Å². The number of ether oxygens (including phenoxy) is 1. The molecule has 174 valence electrons. The van der Waals surface area contributed by atoms with Crippen molar-refractivity contribution >= 4 is 39.9 Å². The van der Waals surface area contributed by atoms with Crippen molar-refractivity contribution in [2.24, 2.45) is 0 Å². The average Bonchev–Trinajstić information content (AvgIpc) is 3.46. The molecule has 2 amide bonds. The zero-order valence-corrected chi connectivity index (χ0v) is 19.4. The minimum atomic E-state index is -0.313. The van der Waals surface area contributed by atoms with Crippen LogP contribution in [0.15, 0.2) is 54.2 Å². The van der Waals surface area contributed by atoms with Crippen molar-refractivity contribution in [3.05, 3.63) is 81.6 Å². The zero-order chi connectivity index (χ0) is 23.7. The Labute approximate surface area is 199 Å². The molecule has 1 N–H and O–H groups in total. The molecule has 1 aliphatic heterocycles. The number of nitrogens with zero attached hydrogens (tertiary/aromatic N) is 3. The number of amides is 2. The van der Waals surface area contributed by atoms with Crippen LogP contribution in [-0.4, -0.2) is 46.5 Å². The minimum Gasteiger partial charge on any atom is -0.375 e. The molecule has 34 heavy (non-hydrogen) atoms. The number of hydrogen-bond acceptors (Lipinski definition) is 5. The van der Waals surface area contributed by atoms with E-state index in [1.54, 1.807) is 41.9 Å². The number of rotatable bonds is 6. The van der Waals surface area contributed by atoms with Crippen LogP contribution in [0, 0.1) is 5.82 Å². The predicted molar refractivity (Wildman–Crippen MR) is 129 cm³/mol. The number of carbonyl (C=O) groups is 2. The molecule has 2 aromatic carbocycles. The lowest BCUT2D eigenvalue weighted by atomic mass is 10.1. The second-order valence-electron chi connectivity index (χ2n) is 8.22. The van der Waals surface area contributed by atoms with Crippen LogP contribution in [0.5, 0.6) is 0 Å². The largest absolute Gasteiger partial charge is 0.375 e. The highest BCUT2D eigenvalue weighted by atomic mass is 32.1. The highest BCUT2D eigenvalue weighted by Gasteiger charge is 2.26. The highest BCUT2D eigenvalue weighted by Crippen LogP contribution is 2.29. The number of carbonyl (C=O) groups excluding carboxylic acids is 2. The van der Waals surface area contributed by atoms with E-state index in [-0.39, 0.29) is 24.2 Å². The first-order valence-corrected chi connectivity index (χ1v) is 11.8. The molecule has 0 fully saturated rings. The maximum Gasteiger partial charge on any atom is 0.256 e. The van der Waals surface area contributed by atoms with Crippen LogP contribution in [0.1, 0.15) is 26.4 Å². The van der Waals surface area contributed by atoms with E-state index < -0.39 is 0 Å². The van der Waals surface area contributed by atoms with Crippen molar-refractivity contribution in [1.82, 2.24) is 14.5 Å². The summed E-state index contributed by atoms with van der Waals surface area (Å²) in [6, 6.07) is 11.8. The van der Waals surface area contributed by atoms with E-state index in [9.17, 15) is 14.0 Å². The van der Waals surface area contributed by atoms with E-state index in [4.69, 9.17) is 4.74 Å². The average molecular weight is 479 g/mol. The molecule has 0 saturated carbocycles. The van der Waals surface area contributed by atoms with Gasteiger partial charge in [0.15, 0.2) is 0 Å². The topological polar surface area (TPSA) is 76.5 Å². The van der Waals surface area contributed by atoms with Gasteiger partial charge in [-0.1, -0.05) is 12.1 Å². The smallest absolute Gasteiger partial charge is 0.256 e. The summed E-state index contributed by atoms with van der Waals surface area (Å²) in [5.74, 6) is -0.734. The Bertz CT molecular complexity index is 1360. The third-order valence-electron chi connectivity index (χ3n) is 5.86. The minimum absolute atomic E-state index is 0.0899. The number of methoxy groups -OCH3 is 1. The Balaban J connectivity index is 1.54. The molecule has 5 rings (SSSR count). The van der Waals surface area contributed by atoms with Gasteiger partial charge in [0.1, 0.15) is 12.4 Å². The lowest BCUT2D eigenvalue weighted by Gasteiger charge is -2.27. The number of aromatic nitrogens is 2. The Hall–Kier alpha value is -3.56. The summed E-state index contributed by atoms with van der Waals surface area (Å²) in [7, 11) is 1.45. The van der Waals surface area contributed by atoms with Gasteiger partial charge >= 0.3 is 0 Å². The Morgan fingerprint density at radius 3 is 2.82 bits per heavy atom. The van der Waals surface area contributed by atoms with E-state index in [2.05, 4.69) is 21.7 Å². The summed E-state index contributed by atoms with van der Waals surface area (Å²) in [6.07, 6.45) is 2.49. The second kappa shape index (κ2) is 9.36. The molecule has 4 aromatic rings. The van der Waals surface area contributed by atoms with Gasteiger partial charge in [-0.2, -0.15) is 0 Å². The van der Waals surface area contributed by atoms with Crippen LogP contribution >= 0.6 is 11.3 Å². The molecular formula is C25H23FN4O3S. The number of fused-ring (bicyclic) bond motifs is 2. The number of hydrogen-bond donors (Lipinski definition) is 1. The first-order valence-electron chi connectivity index (χ1n) is 10.9. The van der Waals surface area contributed by atoms with Gasteiger partial charge in [-0.3, -0.25) is 9.59 Å². The normalized spacial score (nSPS) is 13.2. The fraction of sp³-hybridized carbons (Fsp3) is 0.240. The summed E-state index contributed by atoms with van der Waals surface area (Å²) in [4.78, 5) is 33.5. The molecule has 1 aliphatic rings. The molecule has 7 nitrogen and oxygen atoms in total. The molecular weight excluding hydrogens is 455 g/mol. The summed E-state index contributed by atoms with van der Waals surface area (Å²) in [6.45, 7) is 1.51. The third-order valence-corrected chi connectivity index (χ3v) is 6.89. The summed E-state index contributed by atoms with van der Waals surface area (Å²) in [5, 5.41) is 4.84. The molecule has 9 heteroatoms. The summed E-state index contributed by atoms with van der Waals surface area (Å²) >= 11 is 1.72. The third kappa shape index (κ3) is 4.44. The Morgan fingerprint density at radius 1 is 1.21 bits per heavy atom. The highest BCUT2D eigenvalue weighted by molar-refractivity contribution is 7.10. The first-order chi connectivity index (χ1) is 16.5. The van der Waals surface area contributed by atoms with Crippen molar-refractivity contribution in [1.29, 1.82) is 0 Å². The number of imidazole rings is 1. The van der Waals surface area contributed by atoms with Crippen molar-refractivity contribution < 1.29 is 18.7 Å². The number of thiophene rings is 1. The Morgan fingerprint density at radius 2 is 2.03 bits per heavy atom. The van der Waals surface area contributed by atoms with Gasteiger partial charge in [-0.05, 0) is 53.3 Å². The van der Waals surface area contributed by atoms with Gasteiger partial charge in [0.05, 0.1) is 22.9 Å². The quantitative estimate of drug-likeness (QED) is 0.453. The fourth-order valence-electron chi connectivity index (χ4n) is 4.27. The van der Waals surface area contributed by atoms with E-state index in [0.29, 0.717) is 41.9 Å². The second-order valence-corrected chi connectivity index (χ2v) is 9.22. The van der Waals surface area contributed by atoms with Crippen LogP contribution < -0.4 is 5.32 Å².